The molecule has 0 aliphatic carbocycles. The number of halogens is 2. The zero-order valence-corrected chi connectivity index (χ0v) is 27.3. The Morgan fingerprint density at radius 2 is 1.94 bits per heavy atom. The Bertz CT molecular complexity index is 1860. The Hall–Kier alpha value is -3.86. The van der Waals surface area contributed by atoms with E-state index in [0.717, 1.165) is 62.5 Å². The summed E-state index contributed by atoms with van der Waals surface area (Å²) in [7, 11) is 1.95. The van der Waals surface area contributed by atoms with Crippen molar-refractivity contribution < 1.29 is 13.9 Å². The molecule has 0 radical (unpaired) electrons. The number of benzene rings is 2. The van der Waals surface area contributed by atoms with Crippen LogP contribution in [0.15, 0.2) is 54.7 Å². The van der Waals surface area contributed by atoms with Crippen molar-refractivity contribution in [2.45, 2.75) is 43.7 Å². The Labute approximate surface area is 278 Å². The molecule has 0 spiro atoms. The normalized spacial score (nSPS) is 20.9. The van der Waals surface area contributed by atoms with Crippen LogP contribution < -0.4 is 15.0 Å². The van der Waals surface area contributed by atoms with Gasteiger partial charge in [-0.25, -0.2) is 4.39 Å². The van der Waals surface area contributed by atoms with Crippen molar-refractivity contribution in [1.82, 2.24) is 30.1 Å². The monoisotopic (exact) mass is 655 g/mol. The van der Waals surface area contributed by atoms with Gasteiger partial charge in [0.1, 0.15) is 23.6 Å². The summed E-state index contributed by atoms with van der Waals surface area (Å²) < 4.78 is 23.1. The average Bonchev–Trinajstić information content (AvgIpc) is 3.61. The van der Waals surface area contributed by atoms with Crippen LogP contribution in [-0.2, 0) is 4.79 Å². The van der Waals surface area contributed by atoms with Gasteiger partial charge in [-0.3, -0.25) is 14.7 Å². The number of pyridine rings is 1. The summed E-state index contributed by atoms with van der Waals surface area (Å²) in [6, 6.07) is 11.8. The van der Waals surface area contributed by atoms with Gasteiger partial charge in [-0.15, -0.1) is 0 Å². The van der Waals surface area contributed by atoms with Gasteiger partial charge in [0, 0.05) is 66.9 Å². The Kier molecular flexibility index (Phi) is 7.98. The van der Waals surface area contributed by atoms with Crippen molar-refractivity contribution in [3.8, 4) is 17.3 Å². The summed E-state index contributed by atoms with van der Waals surface area (Å²) in [6.07, 6.45) is 10.8. The molecule has 4 aliphatic rings. The van der Waals surface area contributed by atoms with E-state index in [1.165, 1.54) is 0 Å². The number of hydrogen-bond donors (Lipinski definition) is 1. The number of nitrogens with zero attached hydrogens (tertiary/aromatic N) is 6. The minimum Gasteiger partial charge on any atom is -0.461 e. The minimum absolute atomic E-state index is 0.00287. The summed E-state index contributed by atoms with van der Waals surface area (Å²) in [5, 5.41) is 5.98. The molecule has 11 heteroatoms. The third-order valence-electron chi connectivity index (χ3n) is 10.5. The number of amides is 1. The minimum atomic E-state index is -0.536. The number of ether oxygens (including phenoxy) is 1. The summed E-state index contributed by atoms with van der Waals surface area (Å²) in [6.45, 7) is 5.61. The number of fused-ring (bicyclic) bond motifs is 3. The number of hydrogen-bond acceptors (Lipinski definition) is 8. The molecule has 1 unspecified atom stereocenters. The number of likely N-dealkylation sites (tertiary alicyclic amines) is 1. The lowest BCUT2D eigenvalue weighted by Gasteiger charge is -2.41. The van der Waals surface area contributed by atoms with Crippen molar-refractivity contribution in [3.63, 3.8) is 0 Å². The molecule has 0 bridgehead atoms. The summed E-state index contributed by atoms with van der Waals surface area (Å²) in [5.74, 6) is 0.326. The van der Waals surface area contributed by atoms with E-state index >= 15 is 4.39 Å². The van der Waals surface area contributed by atoms with Crippen LogP contribution in [-0.4, -0.2) is 95.2 Å². The second-order valence-corrected chi connectivity index (χ2v) is 14.0. The SMILES string of the molecule is CN(CC1CN(C(=O)/C=C/C2CCN2)C1)c1nc(OCC23CCCN2CCC3)nc2c(F)c(-c3cccc4cccc(Cl)c34)ncc12. The molecule has 2 aromatic heterocycles. The molecule has 4 saturated heterocycles. The van der Waals surface area contributed by atoms with E-state index in [1.807, 2.05) is 53.3 Å². The van der Waals surface area contributed by atoms with E-state index in [-0.39, 0.29) is 34.6 Å². The molecule has 0 saturated carbocycles. The van der Waals surface area contributed by atoms with Crippen LogP contribution in [0.3, 0.4) is 0 Å². The van der Waals surface area contributed by atoms with Gasteiger partial charge in [0.25, 0.3) is 0 Å². The zero-order valence-electron chi connectivity index (χ0n) is 26.6. The molecule has 9 nitrogen and oxygen atoms in total. The zero-order chi connectivity index (χ0) is 32.1. The topological polar surface area (TPSA) is 86.7 Å². The maximum absolute atomic E-state index is 16.7. The predicted octanol–water partition coefficient (Wildman–Crippen LogP) is 5.46. The highest BCUT2D eigenvalue weighted by Crippen LogP contribution is 2.40. The third kappa shape index (κ3) is 5.60. The lowest BCUT2D eigenvalue weighted by atomic mass is 9.95. The molecule has 4 aliphatic heterocycles. The summed E-state index contributed by atoms with van der Waals surface area (Å²) in [5.41, 5.74) is 0.954. The Morgan fingerprint density at radius 3 is 2.68 bits per heavy atom. The van der Waals surface area contributed by atoms with E-state index in [2.05, 4.69) is 20.2 Å². The number of carbonyl (C=O) groups excluding carboxylic acids is 1. The lowest BCUT2D eigenvalue weighted by molar-refractivity contribution is -0.131. The van der Waals surface area contributed by atoms with E-state index in [9.17, 15) is 4.79 Å². The molecule has 1 amide bonds. The fourth-order valence-electron chi connectivity index (χ4n) is 7.84. The van der Waals surface area contributed by atoms with Crippen LogP contribution in [0.5, 0.6) is 6.01 Å². The predicted molar refractivity (Wildman–Crippen MR) is 182 cm³/mol. The quantitative estimate of drug-likeness (QED) is 0.238. The highest BCUT2D eigenvalue weighted by Gasteiger charge is 2.45. The fourth-order valence-corrected chi connectivity index (χ4v) is 8.12. The number of rotatable bonds is 9. The number of anilines is 1. The van der Waals surface area contributed by atoms with Gasteiger partial charge in [-0.2, -0.15) is 9.97 Å². The molecular formula is C36H39ClFN7O2. The third-order valence-corrected chi connectivity index (χ3v) is 10.8. The number of aromatic nitrogens is 3. The first kappa shape index (κ1) is 30.5. The molecule has 6 heterocycles. The van der Waals surface area contributed by atoms with Gasteiger partial charge in [-0.05, 0) is 63.2 Å². The smallest absolute Gasteiger partial charge is 0.319 e. The van der Waals surface area contributed by atoms with Crippen LogP contribution in [0.2, 0.25) is 5.02 Å². The Balaban J connectivity index is 1.10. The second-order valence-electron chi connectivity index (χ2n) is 13.6. The van der Waals surface area contributed by atoms with Crippen molar-refractivity contribution in [2.24, 2.45) is 5.92 Å². The van der Waals surface area contributed by atoms with E-state index < -0.39 is 5.82 Å². The van der Waals surface area contributed by atoms with Crippen molar-refractivity contribution in [1.29, 1.82) is 0 Å². The first-order valence-electron chi connectivity index (χ1n) is 16.7. The van der Waals surface area contributed by atoms with Crippen molar-refractivity contribution >= 4 is 45.0 Å². The van der Waals surface area contributed by atoms with Gasteiger partial charge in [0.15, 0.2) is 5.82 Å². The number of carbonyl (C=O) groups is 1. The van der Waals surface area contributed by atoms with Gasteiger partial charge >= 0.3 is 6.01 Å². The van der Waals surface area contributed by atoms with Crippen molar-refractivity contribution in [2.75, 3.05) is 57.8 Å². The fraction of sp³-hybridized carbons (Fsp3) is 0.444. The molecule has 2 aromatic carbocycles. The molecule has 4 fully saturated rings. The Morgan fingerprint density at radius 1 is 1.17 bits per heavy atom. The molecule has 1 atom stereocenters. The van der Waals surface area contributed by atoms with Crippen LogP contribution in [0.4, 0.5) is 10.2 Å². The van der Waals surface area contributed by atoms with E-state index in [0.29, 0.717) is 54.1 Å². The highest BCUT2D eigenvalue weighted by atomic mass is 35.5. The maximum Gasteiger partial charge on any atom is 0.319 e. The molecule has 47 heavy (non-hydrogen) atoms. The molecular weight excluding hydrogens is 617 g/mol. The molecule has 1 N–H and O–H groups in total. The average molecular weight is 656 g/mol. The van der Waals surface area contributed by atoms with Gasteiger partial charge in [-0.1, -0.05) is 48.0 Å². The van der Waals surface area contributed by atoms with Crippen LogP contribution in [0.1, 0.15) is 32.1 Å². The second kappa shape index (κ2) is 12.3. The van der Waals surface area contributed by atoms with Crippen LogP contribution in [0.25, 0.3) is 32.9 Å². The van der Waals surface area contributed by atoms with Gasteiger partial charge in [0.05, 0.1) is 10.9 Å². The molecule has 4 aromatic rings. The molecule has 8 rings (SSSR count). The van der Waals surface area contributed by atoms with E-state index in [4.69, 9.17) is 21.3 Å². The van der Waals surface area contributed by atoms with Crippen molar-refractivity contribution in [3.05, 3.63) is 65.6 Å². The lowest BCUT2D eigenvalue weighted by Crippen LogP contribution is -2.53. The standard InChI is InChI=1S/C36H39ClFN7O2/c1-43(19-23-20-44(21-23)29(46)11-10-25-12-15-39-25)34-27-18-40-32(26-8-2-6-24-7-3-9-28(37)30(24)26)31(38)33(27)41-35(42-34)47-22-36-13-4-16-45(36)17-5-14-36/h2-3,6-11,18,23,25,39H,4-5,12-17,19-22H2,1H3/b11-10+. The summed E-state index contributed by atoms with van der Waals surface area (Å²) >= 11 is 6.62. The van der Waals surface area contributed by atoms with Crippen LogP contribution >= 0.6 is 11.6 Å². The summed E-state index contributed by atoms with van der Waals surface area (Å²) in [4.78, 5) is 33.2. The van der Waals surface area contributed by atoms with Crippen LogP contribution in [0, 0.1) is 11.7 Å². The van der Waals surface area contributed by atoms with Gasteiger partial charge < -0.3 is 19.9 Å². The maximum atomic E-state index is 16.7. The largest absolute Gasteiger partial charge is 0.461 e. The number of nitrogens with one attached hydrogen (secondary N) is 1. The first-order chi connectivity index (χ1) is 22.9. The molecule has 244 valence electrons. The van der Waals surface area contributed by atoms with E-state index in [1.54, 1.807) is 18.3 Å². The first-order valence-corrected chi connectivity index (χ1v) is 17.1. The van der Waals surface area contributed by atoms with Gasteiger partial charge in [0.2, 0.25) is 5.91 Å². The highest BCUT2D eigenvalue weighted by molar-refractivity contribution is 6.36.